The molecule has 0 radical (unpaired) electrons. The average Bonchev–Trinajstić information content (AvgIpc) is 3.04. The smallest absolute Gasteiger partial charge is 0.246 e. The second-order valence-corrected chi connectivity index (χ2v) is 9.01. The van der Waals surface area contributed by atoms with Gasteiger partial charge in [0.2, 0.25) is 5.91 Å². The van der Waals surface area contributed by atoms with Gasteiger partial charge in [0, 0.05) is 48.2 Å². The highest BCUT2D eigenvalue weighted by molar-refractivity contribution is 5.97. The van der Waals surface area contributed by atoms with Crippen LogP contribution in [0.3, 0.4) is 0 Å². The molecule has 4 rings (SSSR count). The second-order valence-electron chi connectivity index (χ2n) is 9.01. The maximum atomic E-state index is 13.0. The van der Waals surface area contributed by atoms with E-state index in [-0.39, 0.29) is 5.91 Å². The number of benzene rings is 1. The van der Waals surface area contributed by atoms with Gasteiger partial charge in [0.1, 0.15) is 17.1 Å². The van der Waals surface area contributed by atoms with E-state index in [2.05, 4.69) is 19.9 Å². The van der Waals surface area contributed by atoms with Crippen molar-refractivity contribution in [1.29, 1.82) is 0 Å². The molecule has 1 aromatic carbocycles. The molecule has 1 amide bonds. The normalized spacial score (nSPS) is 22.6. The number of allylic oxidation sites excluding steroid dienone is 1. The Balaban J connectivity index is 1.69. The summed E-state index contributed by atoms with van der Waals surface area (Å²) < 4.78 is 12.1. The predicted octanol–water partition coefficient (Wildman–Crippen LogP) is 5.62. The van der Waals surface area contributed by atoms with Gasteiger partial charge < -0.3 is 14.1 Å². The van der Waals surface area contributed by atoms with Crippen molar-refractivity contribution >= 4 is 22.4 Å². The minimum atomic E-state index is 0.109. The molecule has 1 fully saturated rings. The summed E-state index contributed by atoms with van der Waals surface area (Å²) in [4.78, 5) is 15.0. The highest BCUT2D eigenvalue weighted by Crippen LogP contribution is 2.38. The Kier molecular flexibility index (Phi) is 5.71. The molecule has 0 N–H and O–H groups in total. The lowest BCUT2D eigenvalue weighted by atomic mass is 9.91. The molecule has 0 spiro atoms. The number of aryl methyl sites for hydroxylation is 2. The number of fused-ring (bicyclic) bond motifs is 3. The molecule has 1 aromatic heterocycles. The third-order valence-electron chi connectivity index (χ3n) is 6.30. The van der Waals surface area contributed by atoms with Gasteiger partial charge in [0.25, 0.3) is 0 Å². The molecule has 1 aliphatic heterocycles. The third kappa shape index (κ3) is 4.08. The molecule has 156 valence electrons. The number of hydrogen-bond acceptors (Lipinski definition) is 3. The van der Waals surface area contributed by atoms with E-state index in [0.29, 0.717) is 18.4 Å². The molecule has 1 aliphatic carbocycles. The number of carbonyl (C=O) groups excluding carboxylic acids is 1. The second kappa shape index (κ2) is 8.25. The lowest BCUT2D eigenvalue weighted by Gasteiger charge is -2.34. The van der Waals surface area contributed by atoms with Gasteiger partial charge in [-0.3, -0.25) is 4.79 Å². The topological polar surface area (TPSA) is 42.7 Å². The molecule has 2 aromatic rings. The number of ether oxygens (including phenoxy) is 1. The Hall–Kier alpha value is -2.23. The number of piperidine rings is 1. The van der Waals surface area contributed by atoms with E-state index in [1.165, 1.54) is 30.2 Å². The molecule has 4 heteroatoms. The van der Waals surface area contributed by atoms with Crippen molar-refractivity contribution in [2.24, 2.45) is 11.8 Å². The predicted molar refractivity (Wildman–Crippen MR) is 117 cm³/mol. The van der Waals surface area contributed by atoms with E-state index in [4.69, 9.17) is 9.15 Å². The van der Waals surface area contributed by atoms with Gasteiger partial charge in [-0.2, -0.15) is 0 Å². The van der Waals surface area contributed by atoms with Crippen LogP contribution in [0.4, 0.5) is 0 Å². The number of nitrogens with zero attached hydrogens (tertiary/aromatic N) is 1. The monoisotopic (exact) mass is 395 g/mol. The molecule has 4 nitrogen and oxygen atoms in total. The Morgan fingerprint density at radius 3 is 2.66 bits per heavy atom. The fourth-order valence-electron chi connectivity index (χ4n) is 5.07. The average molecular weight is 396 g/mol. The third-order valence-corrected chi connectivity index (χ3v) is 6.30. The van der Waals surface area contributed by atoms with Gasteiger partial charge >= 0.3 is 0 Å². The Labute approximate surface area is 173 Å². The maximum Gasteiger partial charge on any atom is 0.246 e. The first-order valence-electron chi connectivity index (χ1n) is 11.1. The Bertz CT molecular complexity index is 929. The number of hydrogen-bond donors (Lipinski definition) is 0. The SMILES string of the molecule is CCOc1cc2oc3c(c2cc1/C(C)=C/C(=O)N1CC(C)CC(C)C1)CCCC3. The quantitative estimate of drug-likeness (QED) is 0.631. The summed E-state index contributed by atoms with van der Waals surface area (Å²) in [5.74, 6) is 3.15. The number of amides is 1. The van der Waals surface area contributed by atoms with Gasteiger partial charge in [-0.05, 0) is 63.0 Å². The zero-order chi connectivity index (χ0) is 20.5. The molecule has 0 saturated carbocycles. The largest absolute Gasteiger partial charge is 0.493 e. The number of likely N-dealkylation sites (tertiary alicyclic amines) is 1. The Morgan fingerprint density at radius 2 is 1.93 bits per heavy atom. The fraction of sp³-hybridized carbons (Fsp3) is 0.560. The van der Waals surface area contributed by atoms with Gasteiger partial charge in [0.05, 0.1) is 6.61 Å². The van der Waals surface area contributed by atoms with Crippen LogP contribution in [0.2, 0.25) is 0 Å². The molecule has 2 unspecified atom stereocenters. The molecule has 29 heavy (non-hydrogen) atoms. The van der Waals surface area contributed by atoms with Crippen LogP contribution < -0.4 is 4.74 Å². The summed E-state index contributed by atoms with van der Waals surface area (Å²) in [6.07, 6.45) is 7.48. The van der Waals surface area contributed by atoms with E-state index in [1.54, 1.807) is 6.08 Å². The lowest BCUT2D eigenvalue weighted by molar-refractivity contribution is -0.128. The molecular formula is C25H33NO3. The van der Waals surface area contributed by atoms with Crippen molar-refractivity contribution in [2.75, 3.05) is 19.7 Å². The van der Waals surface area contributed by atoms with Crippen molar-refractivity contribution in [3.63, 3.8) is 0 Å². The van der Waals surface area contributed by atoms with E-state index in [1.807, 2.05) is 24.8 Å². The van der Waals surface area contributed by atoms with Crippen LogP contribution in [-0.2, 0) is 17.6 Å². The lowest BCUT2D eigenvalue weighted by Crippen LogP contribution is -2.41. The zero-order valence-electron chi connectivity index (χ0n) is 18.2. The van der Waals surface area contributed by atoms with E-state index in [0.717, 1.165) is 54.2 Å². The fourth-order valence-corrected chi connectivity index (χ4v) is 5.07. The summed E-state index contributed by atoms with van der Waals surface area (Å²) in [6, 6.07) is 4.19. The summed E-state index contributed by atoms with van der Waals surface area (Å²) in [5.41, 5.74) is 4.20. The van der Waals surface area contributed by atoms with Crippen molar-refractivity contribution in [1.82, 2.24) is 4.90 Å². The van der Waals surface area contributed by atoms with Crippen LogP contribution in [0.25, 0.3) is 16.5 Å². The molecular weight excluding hydrogens is 362 g/mol. The number of rotatable bonds is 4. The summed E-state index contributed by atoms with van der Waals surface area (Å²) >= 11 is 0. The van der Waals surface area contributed by atoms with Gasteiger partial charge in [-0.15, -0.1) is 0 Å². The standard InChI is InChI=1S/C25H33NO3/c1-5-28-23-13-24-21(19-8-6-7-9-22(19)29-24)12-20(23)18(4)11-25(27)26-14-16(2)10-17(3)15-26/h11-13,16-17H,5-10,14-15H2,1-4H3/b18-11+. The summed E-state index contributed by atoms with van der Waals surface area (Å²) in [5, 5.41) is 1.18. The van der Waals surface area contributed by atoms with Gasteiger partial charge in [-0.1, -0.05) is 13.8 Å². The minimum Gasteiger partial charge on any atom is -0.493 e. The first-order valence-corrected chi connectivity index (χ1v) is 11.1. The minimum absolute atomic E-state index is 0.109. The van der Waals surface area contributed by atoms with Crippen molar-refractivity contribution in [3.8, 4) is 5.75 Å². The van der Waals surface area contributed by atoms with Crippen LogP contribution in [-0.4, -0.2) is 30.5 Å². The van der Waals surface area contributed by atoms with E-state index < -0.39 is 0 Å². The molecule has 0 bridgehead atoms. The molecule has 1 saturated heterocycles. The summed E-state index contributed by atoms with van der Waals surface area (Å²) in [6.45, 7) is 10.7. The van der Waals surface area contributed by atoms with Crippen molar-refractivity contribution in [2.45, 2.75) is 59.8 Å². The van der Waals surface area contributed by atoms with Crippen LogP contribution in [0, 0.1) is 11.8 Å². The number of carbonyl (C=O) groups is 1. The van der Waals surface area contributed by atoms with Crippen LogP contribution in [0.15, 0.2) is 22.6 Å². The first kappa shape index (κ1) is 20.1. The zero-order valence-corrected chi connectivity index (χ0v) is 18.2. The first-order chi connectivity index (χ1) is 14.0. The van der Waals surface area contributed by atoms with Gasteiger partial charge in [0.15, 0.2) is 0 Å². The molecule has 2 heterocycles. The molecule has 2 aliphatic rings. The van der Waals surface area contributed by atoms with E-state index in [9.17, 15) is 4.79 Å². The highest BCUT2D eigenvalue weighted by Gasteiger charge is 2.25. The van der Waals surface area contributed by atoms with Gasteiger partial charge in [-0.25, -0.2) is 0 Å². The van der Waals surface area contributed by atoms with E-state index >= 15 is 0 Å². The van der Waals surface area contributed by atoms with Crippen LogP contribution in [0.5, 0.6) is 5.75 Å². The van der Waals surface area contributed by atoms with Crippen molar-refractivity contribution in [3.05, 3.63) is 35.1 Å². The van der Waals surface area contributed by atoms with Crippen LogP contribution >= 0.6 is 0 Å². The van der Waals surface area contributed by atoms with Crippen molar-refractivity contribution < 1.29 is 13.9 Å². The summed E-state index contributed by atoms with van der Waals surface area (Å²) in [7, 11) is 0. The van der Waals surface area contributed by atoms with Crippen LogP contribution in [0.1, 0.15) is 63.8 Å². The Morgan fingerprint density at radius 1 is 1.21 bits per heavy atom. The maximum absolute atomic E-state index is 13.0. The molecule has 2 atom stereocenters. The number of furan rings is 1. The highest BCUT2D eigenvalue weighted by atomic mass is 16.5.